The molecule has 16 amide bonds. The predicted octanol–water partition coefficient (Wildman–Crippen LogP) is -6.11. The van der Waals surface area contributed by atoms with Gasteiger partial charge in [0, 0.05) is 42.8 Å². The lowest BCUT2D eigenvalue weighted by molar-refractivity contribution is -0.144. The van der Waals surface area contributed by atoms with Gasteiger partial charge in [-0.1, -0.05) is 87.4 Å². The van der Waals surface area contributed by atoms with Crippen molar-refractivity contribution in [1.82, 2.24) is 79.4 Å². The fraction of sp³-hybridized carbons (Fsp3) is 0.625. The minimum atomic E-state index is -1.97. The fourth-order valence-electron chi connectivity index (χ4n) is 11.4. The molecule has 0 aliphatic heterocycles. The number of aromatic amines is 1. The van der Waals surface area contributed by atoms with E-state index in [2.05, 4.69) is 74.1 Å². The van der Waals surface area contributed by atoms with Gasteiger partial charge in [0.15, 0.2) is 0 Å². The Kier molecular flexibility index (Phi) is 42.5. The smallest absolute Gasteiger partial charge is 0.326 e. The Morgan fingerprint density at radius 3 is 1.22 bits per heavy atom. The lowest BCUT2D eigenvalue weighted by atomic mass is 9.98. The number of H-pyrrole nitrogens is 1. The van der Waals surface area contributed by atoms with Crippen LogP contribution in [0.15, 0.2) is 30.5 Å². The highest BCUT2D eigenvalue weighted by molar-refractivity contribution is 6.01. The zero-order valence-electron chi connectivity index (χ0n) is 65.8. The Morgan fingerprint density at radius 1 is 0.395 bits per heavy atom. The second-order valence-corrected chi connectivity index (χ2v) is 29.5. The molecule has 2 aromatic rings. The van der Waals surface area contributed by atoms with E-state index < -0.39 is 268 Å². The molecule has 636 valence electrons. The summed E-state index contributed by atoms with van der Waals surface area (Å²) >= 11 is 0. The summed E-state index contributed by atoms with van der Waals surface area (Å²) in [5.41, 5.74) is 16.9. The van der Waals surface area contributed by atoms with Gasteiger partial charge in [-0.15, -0.1) is 0 Å². The van der Waals surface area contributed by atoms with E-state index in [4.69, 9.17) is 17.2 Å². The molecule has 0 saturated carbocycles. The van der Waals surface area contributed by atoms with Gasteiger partial charge >= 0.3 is 17.9 Å². The summed E-state index contributed by atoms with van der Waals surface area (Å²) < 4.78 is 0. The maximum absolute atomic E-state index is 14.7. The summed E-state index contributed by atoms with van der Waals surface area (Å²) in [5.74, 6) is -22.8. The summed E-state index contributed by atoms with van der Waals surface area (Å²) in [7, 11) is 0. The van der Waals surface area contributed by atoms with Crippen LogP contribution in [0.4, 0.5) is 0 Å². The van der Waals surface area contributed by atoms with Gasteiger partial charge in [0.25, 0.3) is 0 Å². The van der Waals surface area contributed by atoms with E-state index >= 15 is 0 Å². The molecule has 0 aliphatic carbocycles. The van der Waals surface area contributed by atoms with Crippen molar-refractivity contribution in [2.45, 2.75) is 232 Å². The third-order valence-corrected chi connectivity index (χ3v) is 17.2. The monoisotopic (exact) mass is 1610 g/mol. The Hall–Kier alpha value is -11.4. The van der Waals surface area contributed by atoms with Gasteiger partial charge in [-0.2, -0.15) is 0 Å². The third kappa shape index (κ3) is 36.4. The van der Waals surface area contributed by atoms with Gasteiger partial charge < -0.3 is 122 Å². The zero-order valence-corrected chi connectivity index (χ0v) is 65.8. The van der Waals surface area contributed by atoms with Crippen LogP contribution in [0.2, 0.25) is 0 Å². The van der Waals surface area contributed by atoms with E-state index in [9.17, 15) is 117 Å². The number of carbonyl (C=O) groups excluding carboxylic acids is 16. The first-order chi connectivity index (χ1) is 53.3. The number of hydrogen-bond acceptors (Lipinski definition) is 22. The molecule has 0 unspecified atom stereocenters. The van der Waals surface area contributed by atoms with Crippen molar-refractivity contribution in [3.05, 3.63) is 36.0 Å². The highest BCUT2D eigenvalue weighted by atomic mass is 16.4. The minimum Gasteiger partial charge on any atom is -0.481 e. The number of fused-ring (bicyclic) bond motifs is 1. The van der Waals surface area contributed by atoms with Crippen LogP contribution in [0.1, 0.15) is 152 Å². The number of carboxylic acids is 3. The van der Waals surface area contributed by atoms with Crippen molar-refractivity contribution in [3.63, 3.8) is 0 Å². The minimum absolute atomic E-state index is 0.0443. The molecule has 42 nitrogen and oxygen atoms in total. The largest absolute Gasteiger partial charge is 0.481 e. The quantitative estimate of drug-likeness (QED) is 0.0293. The average molecular weight is 1620 g/mol. The van der Waals surface area contributed by atoms with Crippen LogP contribution in [0.3, 0.4) is 0 Å². The molecular formula is C72H114N18O24. The molecule has 0 saturated heterocycles. The lowest BCUT2D eigenvalue weighted by Crippen LogP contribution is -2.62. The number of rotatable bonds is 53. The molecule has 2 rings (SSSR count). The molecule has 0 spiro atoms. The summed E-state index contributed by atoms with van der Waals surface area (Å²) in [4.78, 5) is 254. The Labute approximate surface area is 657 Å². The number of amides is 16. The van der Waals surface area contributed by atoms with Crippen LogP contribution < -0.4 is 91.6 Å². The Bertz CT molecular complexity index is 3710. The van der Waals surface area contributed by atoms with Crippen molar-refractivity contribution in [2.24, 2.45) is 46.8 Å². The molecule has 13 atom stereocenters. The average Bonchev–Trinajstić information content (AvgIpc) is 1.65. The number of nitrogens with one attached hydrogen (secondary N) is 15. The van der Waals surface area contributed by atoms with Crippen molar-refractivity contribution >= 4 is 123 Å². The molecule has 0 fully saturated rings. The Balaban J connectivity index is 2.41. The van der Waals surface area contributed by atoms with E-state index in [1.165, 1.54) is 20.0 Å². The van der Waals surface area contributed by atoms with Crippen LogP contribution in [0.5, 0.6) is 0 Å². The highest BCUT2D eigenvalue weighted by Crippen LogP contribution is 2.21. The third-order valence-electron chi connectivity index (χ3n) is 17.2. The van der Waals surface area contributed by atoms with Gasteiger partial charge in [-0.05, 0) is 93.1 Å². The topological polar surface area (TPSA) is 688 Å². The Morgan fingerprint density at radius 2 is 0.754 bits per heavy atom. The van der Waals surface area contributed by atoms with Crippen molar-refractivity contribution in [3.8, 4) is 0 Å². The summed E-state index contributed by atoms with van der Waals surface area (Å²) in [5, 5.41) is 84.0. The second-order valence-electron chi connectivity index (χ2n) is 29.5. The van der Waals surface area contributed by atoms with Crippen LogP contribution in [0.25, 0.3) is 10.9 Å². The summed E-state index contributed by atoms with van der Waals surface area (Å²) in [6.07, 6.45) is -5.03. The van der Waals surface area contributed by atoms with Gasteiger partial charge in [-0.3, -0.25) is 86.3 Å². The number of aliphatic carboxylic acids is 3. The number of hydrogen-bond donors (Lipinski definition) is 23. The maximum atomic E-state index is 14.7. The van der Waals surface area contributed by atoms with Gasteiger partial charge in [0.2, 0.25) is 94.5 Å². The number of para-hydroxylation sites is 1. The highest BCUT2D eigenvalue weighted by Gasteiger charge is 2.39. The molecular weight excluding hydrogens is 1500 g/mol. The number of nitrogens with two attached hydrogens (primary N) is 3. The van der Waals surface area contributed by atoms with Crippen LogP contribution in [-0.2, 0) is 97.5 Å². The van der Waals surface area contributed by atoms with Crippen LogP contribution in [0, 0.1) is 29.6 Å². The number of carbonyl (C=O) groups is 19. The number of primary amides is 2. The molecule has 1 aromatic carbocycles. The standard InChI is InChI=1S/C72H114N18O24/c1-33(2)22-45(61(102)77-31-56(97)81-50(27-58(100)101)68(109)83-44(72(113)114)17-20-53(75)94)86-70(111)59(37(9)10)89-64(105)42(16-19-52(74)93)79-55(96)30-78-62(103)51(32-91)88-63(104)43(18-21-57(98)99)82-67(108)49(26-39-29-76-41-15-13-12-14-40(39)41)87-71(112)60(38(11)92)90-69(110)48(25-36(7)8)85-66(107)47(24-35(5)6)84-65(106)46(23-34(3)4)80-54(95)28-73/h12-15,29,33-38,42-51,59-60,76,91-92H,16-28,30-32,73H2,1-11H3,(H2,74,93)(H2,75,94)(H,77,102)(H,78,103)(H,79,96)(H,80,95)(H,81,97)(H,82,108)(H,83,109)(H,84,106)(H,85,107)(H,86,111)(H,87,112)(H,88,104)(H,89,105)(H,90,110)(H,98,99)(H,100,101)(H,113,114)/t38-,42+,43+,44+,45+,46+,47+,48+,49+,50+,51+,59+,60+/m1/s1. The summed E-state index contributed by atoms with van der Waals surface area (Å²) in [6.45, 7) is 14.5. The molecule has 0 radical (unpaired) electrons. The maximum Gasteiger partial charge on any atom is 0.326 e. The first-order valence-corrected chi connectivity index (χ1v) is 37.2. The lowest BCUT2D eigenvalue weighted by Gasteiger charge is -2.29. The van der Waals surface area contributed by atoms with E-state index in [1.807, 2.05) is 19.2 Å². The molecule has 0 aliphatic rings. The molecule has 42 heteroatoms. The van der Waals surface area contributed by atoms with E-state index in [1.54, 1.807) is 65.8 Å². The second kappa shape index (κ2) is 49.2. The van der Waals surface area contributed by atoms with Gasteiger partial charge in [0.05, 0.1) is 38.8 Å². The SMILES string of the molecule is CC(C)C[C@H](NC(=O)CN)C(=O)N[C@@H](CC(C)C)C(=O)N[C@@H](CC(C)C)C(=O)N[C@H](C(=O)N[C@@H](Cc1c[nH]c2ccccc12)C(=O)N[C@@H](CCC(=O)O)C(=O)N[C@@H](CO)C(=O)NCC(=O)N[C@@H](CCC(N)=O)C(=O)N[C@H](C(=O)N[C@@H](CC(C)C)C(=O)NCC(=O)N[C@@H](CC(=O)O)C(=O)N[C@@H](CCC(N)=O)C(=O)O)C(C)C)[C@@H](C)O. The number of aromatic nitrogens is 1. The number of aliphatic hydroxyl groups excluding tert-OH is 2. The van der Waals surface area contributed by atoms with Crippen molar-refractivity contribution < 1.29 is 117 Å². The molecule has 114 heavy (non-hydrogen) atoms. The molecule has 26 N–H and O–H groups in total. The van der Waals surface area contributed by atoms with Crippen LogP contribution in [-0.4, -0.2) is 248 Å². The van der Waals surface area contributed by atoms with Crippen LogP contribution >= 0.6 is 0 Å². The van der Waals surface area contributed by atoms with E-state index in [0.717, 1.165) is 6.92 Å². The number of carboxylic acid groups (broad SMARTS) is 3. The zero-order chi connectivity index (χ0) is 86.5. The predicted molar refractivity (Wildman–Crippen MR) is 405 cm³/mol. The van der Waals surface area contributed by atoms with Gasteiger partial charge in [0.1, 0.15) is 72.5 Å². The number of benzene rings is 1. The van der Waals surface area contributed by atoms with E-state index in [-0.39, 0.29) is 55.8 Å². The fourth-order valence-corrected chi connectivity index (χ4v) is 11.4. The van der Waals surface area contributed by atoms with E-state index in [0.29, 0.717) is 16.5 Å². The first-order valence-electron chi connectivity index (χ1n) is 37.2. The molecule has 0 bridgehead atoms. The molecule has 1 aromatic heterocycles. The first kappa shape index (κ1) is 98.6. The van der Waals surface area contributed by atoms with Crippen molar-refractivity contribution in [1.29, 1.82) is 0 Å². The van der Waals surface area contributed by atoms with Crippen molar-refractivity contribution in [2.75, 3.05) is 26.2 Å². The normalized spacial score (nSPS) is 14.7. The molecule has 1 heterocycles. The number of aliphatic hydroxyl groups is 2. The summed E-state index contributed by atoms with van der Waals surface area (Å²) in [6, 6.07) is -12.7. The van der Waals surface area contributed by atoms with Gasteiger partial charge in [-0.25, -0.2) is 4.79 Å².